The number of fused-ring (bicyclic) bond motifs is 4. The maximum atomic E-state index is 13.7. The molecule has 2 bridgehead atoms. The molecule has 0 N–H and O–H groups in total. The quantitative estimate of drug-likeness (QED) is 0.788. The Hall–Kier alpha value is -1.13. The molecular weight excluding hydrogens is 289 g/mol. The summed E-state index contributed by atoms with van der Waals surface area (Å²) in [7, 11) is 0. The topological polar surface area (TPSA) is 21.1 Å². The Bertz CT molecular complexity index is 673. The van der Waals surface area contributed by atoms with Gasteiger partial charge in [0.2, 0.25) is 0 Å². The molecule has 5 heteroatoms. The van der Waals surface area contributed by atoms with E-state index in [1.165, 1.54) is 32.0 Å². The van der Waals surface area contributed by atoms with Crippen LogP contribution in [-0.2, 0) is 0 Å². The summed E-state index contributed by atoms with van der Waals surface area (Å²) in [5.41, 5.74) is 1.73. The van der Waals surface area contributed by atoms with E-state index in [9.17, 15) is 4.39 Å². The standard InChI is InChI=1S/C16H19ClFN3/c1-10(17)16-19-13-3-2-12(18)8-14(13)21(16)15-9-20-6-4-11(15)5-7-20/h2-3,8,10-11,15H,4-7,9H2,1H3. The second-order valence-electron chi connectivity index (χ2n) is 6.29. The predicted octanol–water partition coefficient (Wildman–Crippen LogP) is 3.74. The minimum Gasteiger partial charge on any atom is -0.322 e. The number of imidazole rings is 1. The Labute approximate surface area is 128 Å². The first kappa shape index (κ1) is 13.5. The summed E-state index contributed by atoms with van der Waals surface area (Å²) < 4.78 is 15.9. The molecule has 3 saturated heterocycles. The minimum absolute atomic E-state index is 0.170. The van der Waals surface area contributed by atoms with Crippen molar-refractivity contribution in [1.82, 2.24) is 14.5 Å². The summed E-state index contributed by atoms with van der Waals surface area (Å²) in [5.74, 6) is 1.32. The van der Waals surface area contributed by atoms with Gasteiger partial charge in [0.25, 0.3) is 0 Å². The van der Waals surface area contributed by atoms with Gasteiger partial charge in [-0.25, -0.2) is 9.37 Å². The highest BCUT2D eigenvalue weighted by molar-refractivity contribution is 6.20. The fourth-order valence-electron chi connectivity index (χ4n) is 3.94. The first-order chi connectivity index (χ1) is 10.1. The van der Waals surface area contributed by atoms with Gasteiger partial charge in [-0.1, -0.05) is 0 Å². The molecule has 1 aromatic heterocycles. The maximum Gasteiger partial charge on any atom is 0.128 e. The molecule has 0 radical (unpaired) electrons. The van der Waals surface area contributed by atoms with Crippen LogP contribution in [-0.4, -0.2) is 34.1 Å². The van der Waals surface area contributed by atoms with Gasteiger partial charge < -0.3 is 9.47 Å². The lowest BCUT2D eigenvalue weighted by molar-refractivity contribution is 0.0575. The first-order valence-electron chi connectivity index (χ1n) is 7.67. The van der Waals surface area contributed by atoms with Gasteiger partial charge in [0.1, 0.15) is 11.6 Å². The number of aromatic nitrogens is 2. The van der Waals surface area contributed by atoms with E-state index in [1.807, 2.05) is 6.92 Å². The summed E-state index contributed by atoms with van der Waals surface area (Å²) in [4.78, 5) is 7.16. The lowest BCUT2D eigenvalue weighted by atomic mass is 9.83. The molecule has 3 aliphatic heterocycles. The molecule has 0 amide bonds. The minimum atomic E-state index is -0.210. The van der Waals surface area contributed by atoms with E-state index in [-0.39, 0.29) is 11.2 Å². The lowest BCUT2D eigenvalue weighted by Gasteiger charge is -2.46. The molecule has 0 saturated carbocycles. The zero-order chi connectivity index (χ0) is 14.6. The lowest BCUT2D eigenvalue weighted by Crippen LogP contribution is -2.48. The van der Waals surface area contributed by atoms with Crippen molar-refractivity contribution in [3.63, 3.8) is 0 Å². The van der Waals surface area contributed by atoms with Gasteiger partial charge in [-0.15, -0.1) is 11.6 Å². The van der Waals surface area contributed by atoms with E-state index in [4.69, 9.17) is 11.6 Å². The first-order valence-corrected chi connectivity index (χ1v) is 8.11. The normalized spacial score (nSPS) is 30.0. The van der Waals surface area contributed by atoms with Crippen molar-refractivity contribution in [2.75, 3.05) is 19.6 Å². The number of hydrogen-bond donors (Lipinski definition) is 0. The molecule has 0 aliphatic carbocycles. The largest absolute Gasteiger partial charge is 0.322 e. The molecule has 5 rings (SSSR count). The highest BCUT2D eigenvalue weighted by Crippen LogP contribution is 2.39. The van der Waals surface area contributed by atoms with Crippen LogP contribution in [0.1, 0.15) is 37.0 Å². The Morgan fingerprint density at radius 2 is 2.10 bits per heavy atom. The maximum absolute atomic E-state index is 13.7. The molecule has 0 spiro atoms. The van der Waals surface area contributed by atoms with E-state index in [0.29, 0.717) is 12.0 Å². The van der Waals surface area contributed by atoms with Crippen LogP contribution >= 0.6 is 11.6 Å². The van der Waals surface area contributed by atoms with E-state index in [1.54, 1.807) is 12.1 Å². The molecule has 112 valence electrons. The average molecular weight is 308 g/mol. The monoisotopic (exact) mass is 307 g/mol. The fraction of sp³-hybridized carbons (Fsp3) is 0.562. The van der Waals surface area contributed by atoms with E-state index >= 15 is 0 Å². The molecule has 3 aliphatic rings. The second-order valence-corrected chi connectivity index (χ2v) is 6.95. The number of piperidine rings is 3. The van der Waals surface area contributed by atoms with Gasteiger partial charge in [0.15, 0.2) is 0 Å². The van der Waals surface area contributed by atoms with Crippen LogP contribution in [0, 0.1) is 11.7 Å². The zero-order valence-electron chi connectivity index (χ0n) is 12.1. The van der Waals surface area contributed by atoms with Gasteiger partial charge in [-0.2, -0.15) is 0 Å². The number of nitrogens with zero attached hydrogens (tertiary/aromatic N) is 3. The van der Waals surface area contributed by atoms with Gasteiger partial charge in [0, 0.05) is 6.54 Å². The van der Waals surface area contributed by atoms with Gasteiger partial charge in [0.05, 0.1) is 22.5 Å². The highest BCUT2D eigenvalue weighted by atomic mass is 35.5. The molecule has 3 nitrogen and oxygen atoms in total. The van der Waals surface area contributed by atoms with Crippen LogP contribution in [0.4, 0.5) is 4.39 Å². The smallest absolute Gasteiger partial charge is 0.128 e. The Balaban J connectivity index is 1.89. The third kappa shape index (κ3) is 2.16. The molecular formula is C16H19ClFN3. The Morgan fingerprint density at radius 3 is 2.71 bits per heavy atom. The molecule has 4 heterocycles. The van der Waals surface area contributed by atoms with Crippen molar-refractivity contribution < 1.29 is 4.39 Å². The van der Waals surface area contributed by atoms with Crippen LogP contribution < -0.4 is 0 Å². The molecule has 1 aromatic carbocycles. The summed E-state index contributed by atoms with van der Waals surface area (Å²) in [6, 6.07) is 5.20. The number of rotatable bonds is 2. The van der Waals surface area contributed by atoms with Crippen molar-refractivity contribution in [2.45, 2.75) is 31.2 Å². The van der Waals surface area contributed by atoms with Crippen LogP contribution in [0.2, 0.25) is 0 Å². The van der Waals surface area contributed by atoms with Crippen molar-refractivity contribution >= 4 is 22.6 Å². The Morgan fingerprint density at radius 1 is 1.33 bits per heavy atom. The van der Waals surface area contributed by atoms with Crippen LogP contribution in [0.3, 0.4) is 0 Å². The van der Waals surface area contributed by atoms with Gasteiger partial charge in [-0.05, 0) is 57.0 Å². The van der Waals surface area contributed by atoms with E-state index in [0.717, 1.165) is 23.4 Å². The zero-order valence-corrected chi connectivity index (χ0v) is 12.9. The van der Waals surface area contributed by atoms with Crippen molar-refractivity contribution in [3.05, 3.63) is 29.8 Å². The highest BCUT2D eigenvalue weighted by Gasteiger charge is 2.37. The predicted molar refractivity (Wildman–Crippen MR) is 82.2 cm³/mol. The summed E-state index contributed by atoms with van der Waals surface area (Å²) in [5, 5.41) is -0.170. The van der Waals surface area contributed by atoms with Crippen LogP contribution in [0.5, 0.6) is 0 Å². The second kappa shape index (κ2) is 4.96. The van der Waals surface area contributed by atoms with Crippen molar-refractivity contribution in [3.8, 4) is 0 Å². The van der Waals surface area contributed by atoms with Gasteiger partial charge >= 0.3 is 0 Å². The molecule has 2 aromatic rings. The fourth-order valence-corrected chi connectivity index (χ4v) is 4.09. The summed E-state index contributed by atoms with van der Waals surface area (Å²) >= 11 is 6.35. The number of hydrogen-bond acceptors (Lipinski definition) is 2. The SMILES string of the molecule is CC(Cl)c1nc2ccc(F)cc2n1C1CN2CCC1CC2. The molecule has 21 heavy (non-hydrogen) atoms. The van der Waals surface area contributed by atoms with Crippen LogP contribution in [0.15, 0.2) is 18.2 Å². The number of benzene rings is 1. The van der Waals surface area contributed by atoms with Gasteiger partial charge in [-0.3, -0.25) is 0 Å². The van der Waals surface area contributed by atoms with Crippen molar-refractivity contribution in [1.29, 1.82) is 0 Å². The van der Waals surface area contributed by atoms with Crippen LogP contribution in [0.25, 0.3) is 11.0 Å². The summed E-state index contributed by atoms with van der Waals surface area (Å²) in [6.07, 6.45) is 2.44. The third-order valence-electron chi connectivity index (χ3n) is 4.99. The van der Waals surface area contributed by atoms with E-state index < -0.39 is 0 Å². The number of alkyl halides is 1. The third-order valence-corrected chi connectivity index (χ3v) is 5.18. The molecule has 2 unspecified atom stereocenters. The molecule has 3 fully saturated rings. The van der Waals surface area contributed by atoms with E-state index in [2.05, 4.69) is 14.5 Å². The van der Waals surface area contributed by atoms with Crippen molar-refractivity contribution in [2.24, 2.45) is 5.92 Å². The Kier molecular flexibility index (Phi) is 3.19. The average Bonchev–Trinajstić information content (AvgIpc) is 2.87. The number of halogens is 2. The molecule has 2 atom stereocenters. The summed E-state index contributed by atoms with van der Waals surface area (Å²) in [6.45, 7) is 5.35.